The lowest BCUT2D eigenvalue weighted by molar-refractivity contribution is 0.102. The van der Waals surface area contributed by atoms with Crippen molar-refractivity contribution in [3.05, 3.63) is 92.1 Å². The van der Waals surface area contributed by atoms with Gasteiger partial charge in [-0.1, -0.05) is 23.2 Å². The minimum absolute atomic E-state index is 0.199. The molecular formula is C22H16Cl2N4O2. The molecule has 1 N–H and O–H groups in total. The lowest BCUT2D eigenvalue weighted by atomic mass is 10.1. The zero-order chi connectivity index (χ0) is 21.4. The summed E-state index contributed by atoms with van der Waals surface area (Å²) >= 11 is 12.0. The second-order valence-corrected chi connectivity index (χ2v) is 7.60. The number of aryl methyl sites for hydroxylation is 2. The van der Waals surface area contributed by atoms with Crippen LogP contribution >= 0.6 is 23.2 Å². The molecule has 6 nitrogen and oxygen atoms in total. The van der Waals surface area contributed by atoms with Crippen molar-refractivity contribution >= 4 is 45.8 Å². The normalized spacial score (nSPS) is 10.9. The molecule has 2 aromatic carbocycles. The summed E-state index contributed by atoms with van der Waals surface area (Å²) in [5, 5.41) is 4.01. The quantitative estimate of drug-likeness (QED) is 0.490. The van der Waals surface area contributed by atoms with Crippen LogP contribution in [-0.2, 0) is 0 Å². The first-order valence-electron chi connectivity index (χ1n) is 9.07. The van der Waals surface area contributed by atoms with Crippen LogP contribution < -0.4 is 10.9 Å². The number of halogens is 2. The number of rotatable bonds is 3. The second kappa shape index (κ2) is 7.89. The summed E-state index contributed by atoms with van der Waals surface area (Å²) in [5.41, 5.74) is 2.57. The topological polar surface area (TPSA) is 76.9 Å². The number of amides is 1. The molecule has 0 radical (unpaired) electrons. The van der Waals surface area contributed by atoms with E-state index in [0.29, 0.717) is 38.8 Å². The molecule has 0 fully saturated rings. The first-order valence-corrected chi connectivity index (χ1v) is 9.82. The van der Waals surface area contributed by atoms with E-state index in [1.807, 2.05) is 13.0 Å². The number of hydrogen-bond donors (Lipinski definition) is 1. The van der Waals surface area contributed by atoms with Gasteiger partial charge in [0.25, 0.3) is 11.5 Å². The average molecular weight is 439 g/mol. The first kappa shape index (κ1) is 20.1. The van der Waals surface area contributed by atoms with Gasteiger partial charge in [-0.3, -0.25) is 14.2 Å². The monoisotopic (exact) mass is 438 g/mol. The molecule has 8 heteroatoms. The smallest absolute Gasteiger partial charge is 0.267 e. The van der Waals surface area contributed by atoms with Gasteiger partial charge in [-0.2, -0.15) is 0 Å². The summed E-state index contributed by atoms with van der Waals surface area (Å²) in [6, 6.07) is 13.4. The number of pyridine rings is 1. The van der Waals surface area contributed by atoms with E-state index < -0.39 is 0 Å². The molecule has 0 spiro atoms. The number of benzene rings is 2. The van der Waals surface area contributed by atoms with Gasteiger partial charge in [0.1, 0.15) is 5.82 Å². The van der Waals surface area contributed by atoms with Gasteiger partial charge in [0.05, 0.1) is 21.7 Å². The van der Waals surface area contributed by atoms with Gasteiger partial charge in [-0.05, 0) is 67.9 Å². The van der Waals surface area contributed by atoms with Crippen molar-refractivity contribution in [2.75, 3.05) is 5.32 Å². The number of nitrogens with zero attached hydrogens (tertiary/aromatic N) is 3. The molecule has 0 aliphatic rings. The molecule has 2 heterocycles. The Morgan fingerprint density at radius 3 is 2.60 bits per heavy atom. The maximum atomic E-state index is 13.0. The molecule has 4 aromatic rings. The number of hydrogen-bond acceptors (Lipinski definition) is 4. The van der Waals surface area contributed by atoms with Crippen LogP contribution in [0.1, 0.15) is 21.7 Å². The molecule has 2 aromatic heterocycles. The van der Waals surface area contributed by atoms with Gasteiger partial charge in [0, 0.05) is 16.9 Å². The zero-order valence-electron chi connectivity index (χ0n) is 16.1. The van der Waals surface area contributed by atoms with E-state index in [2.05, 4.69) is 15.3 Å². The zero-order valence-corrected chi connectivity index (χ0v) is 17.6. The van der Waals surface area contributed by atoms with E-state index in [1.54, 1.807) is 49.5 Å². The van der Waals surface area contributed by atoms with Gasteiger partial charge in [0.15, 0.2) is 5.65 Å². The number of nitrogens with one attached hydrogen (secondary N) is 1. The molecule has 4 rings (SSSR count). The number of carbonyl (C=O) groups is 1. The highest BCUT2D eigenvalue weighted by Gasteiger charge is 2.14. The Morgan fingerprint density at radius 1 is 1.07 bits per heavy atom. The summed E-state index contributed by atoms with van der Waals surface area (Å²) in [6.45, 7) is 3.60. The molecule has 150 valence electrons. The standard InChI is InChI=1S/C22H16Cl2N4O2/c1-12-10-15(28-13(2)26-20-17(22(28)30)4-3-9-25-20)6-8-19(12)27-21(29)16-7-5-14(23)11-18(16)24/h3-11H,1-2H3,(H,27,29). The van der Waals surface area contributed by atoms with Gasteiger partial charge in [0.2, 0.25) is 0 Å². The fourth-order valence-corrected chi connectivity index (χ4v) is 3.71. The lowest BCUT2D eigenvalue weighted by Gasteiger charge is -2.14. The molecule has 0 aliphatic heterocycles. The van der Waals surface area contributed by atoms with E-state index in [-0.39, 0.29) is 16.5 Å². The Kier molecular flexibility index (Phi) is 5.28. The maximum Gasteiger partial charge on any atom is 0.267 e. The van der Waals surface area contributed by atoms with Crippen LogP contribution in [0.25, 0.3) is 16.7 Å². The predicted molar refractivity (Wildman–Crippen MR) is 119 cm³/mol. The SMILES string of the molecule is Cc1cc(-n2c(C)nc3ncccc3c2=O)ccc1NC(=O)c1ccc(Cl)cc1Cl. The average Bonchev–Trinajstić information content (AvgIpc) is 2.70. The highest BCUT2D eigenvalue weighted by molar-refractivity contribution is 6.37. The van der Waals surface area contributed by atoms with Crippen LogP contribution in [0.3, 0.4) is 0 Å². The van der Waals surface area contributed by atoms with Crippen LogP contribution in [0.4, 0.5) is 5.69 Å². The van der Waals surface area contributed by atoms with Gasteiger partial charge in [-0.15, -0.1) is 0 Å². The second-order valence-electron chi connectivity index (χ2n) is 6.75. The fourth-order valence-electron chi connectivity index (χ4n) is 3.22. The van der Waals surface area contributed by atoms with Crippen molar-refractivity contribution in [2.45, 2.75) is 13.8 Å². The van der Waals surface area contributed by atoms with Crippen molar-refractivity contribution < 1.29 is 4.79 Å². The third-order valence-electron chi connectivity index (χ3n) is 4.70. The van der Waals surface area contributed by atoms with Crippen LogP contribution in [0, 0.1) is 13.8 Å². The highest BCUT2D eigenvalue weighted by Crippen LogP contribution is 2.24. The minimum Gasteiger partial charge on any atom is -0.322 e. The molecule has 30 heavy (non-hydrogen) atoms. The van der Waals surface area contributed by atoms with Crippen molar-refractivity contribution in [2.24, 2.45) is 0 Å². The third-order valence-corrected chi connectivity index (χ3v) is 5.25. The molecule has 0 atom stereocenters. The number of fused-ring (bicyclic) bond motifs is 1. The number of anilines is 1. The first-order chi connectivity index (χ1) is 14.3. The van der Waals surface area contributed by atoms with Crippen molar-refractivity contribution in [3.8, 4) is 5.69 Å². The van der Waals surface area contributed by atoms with E-state index >= 15 is 0 Å². The minimum atomic E-state index is -0.348. The predicted octanol–water partition coefficient (Wildman–Crippen LogP) is 4.96. The summed E-state index contributed by atoms with van der Waals surface area (Å²) in [6.07, 6.45) is 1.60. The molecule has 1 amide bonds. The van der Waals surface area contributed by atoms with Crippen LogP contribution in [0.2, 0.25) is 10.0 Å². The van der Waals surface area contributed by atoms with Crippen molar-refractivity contribution in [3.63, 3.8) is 0 Å². The molecule has 0 bridgehead atoms. The lowest BCUT2D eigenvalue weighted by Crippen LogP contribution is -2.23. The largest absolute Gasteiger partial charge is 0.322 e. The molecule has 0 saturated heterocycles. The fraction of sp³-hybridized carbons (Fsp3) is 0.0909. The Bertz CT molecular complexity index is 1370. The van der Waals surface area contributed by atoms with Gasteiger partial charge >= 0.3 is 0 Å². The van der Waals surface area contributed by atoms with Crippen LogP contribution in [-0.4, -0.2) is 20.4 Å². The van der Waals surface area contributed by atoms with E-state index in [9.17, 15) is 9.59 Å². The van der Waals surface area contributed by atoms with Gasteiger partial charge in [-0.25, -0.2) is 9.97 Å². The number of aromatic nitrogens is 3. The Balaban J connectivity index is 1.70. The van der Waals surface area contributed by atoms with Gasteiger partial charge < -0.3 is 5.32 Å². The molecule has 0 aliphatic carbocycles. The Labute approximate surface area is 182 Å². The summed E-state index contributed by atoms with van der Waals surface area (Å²) in [5.74, 6) is 0.176. The summed E-state index contributed by atoms with van der Waals surface area (Å²) < 4.78 is 1.53. The Hall–Kier alpha value is -3.22. The maximum absolute atomic E-state index is 13.0. The molecule has 0 unspecified atom stereocenters. The molecular weight excluding hydrogens is 423 g/mol. The van der Waals surface area contributed by atoms with E-state index in [4.69, 9.17) is 23.2 Å². The number of carbonyl (C=O) groups excluding carboxylic acids is 1. The molecule has 0 saturated carbocycles. The Morgan fingerprint density at radius 2 is 1.87 bits per heavy atom. The van der Waals surface area contributed by atoms with Crippen molar-refractivity contribution in [1.82, 2.24) is 14.5 Å². The summed E-state index contributed by atoms with van der Waals surface area (Å²) in [7, 11) is 0. The van der Waals surface area contributed by atoms with Crippen molar-refractivity contribution in [1.29, 1.82) is 0 Å². The van der Waals surface area contributed by atoms with Crippen LogP contribution in [0.5, 0.6) is 0 Å². The third kappa shape index (κ3) is 3.67. The van der Waals surface area contributed by atoms with Crippen LogP contribution in [0.15, 0.2) is 59.5 Å². The van der Waals surface area contributed by atoms with E-state index in [1.165, 1.54) is 10.6 Å². The summed E-state index contributed by atoms with van der Waals surface area (Å²) in [4.78, 5) is 34.1. The highest BCUT2D eigenvalue weighted by atomic mass is 35.5. The van der Waals surface area contributed by atoms with E-state index in [0.717, 1.165) is 5.56 Å².